The molecule has 0 saturated carbocycles. The number of carbonyl (C=O) groups is 1. The maximum absolute atomic E-state index is 12.7. The van der Waals surface area contributed by atoms with E-state index in [1.165, 1.54) is 0 Å². The second-order valence-electron chi connectivity index (χ2n) is 6.58. The van der Waals surface area contributed by atoms with Crippen molar-refractivity contribution in [3.63, 3.8) is 0 Å². The number of fused-ring (bicyclic) bond motifs is 1. The molecule has 2 heterocycles. The Morgan fingerprint density at radius 3 is 2.36 bits per heavy atom. The minimum Gasteiger partial charge on any atom is -0.366 e. The summed E-state index contributed by atoms with van der Waals surface area (Å²) < 4.78 is 0. The van der Waals surface area contributed by atoms with Gasteiger partial charge in [-0.1, -0.05) is 23.2 Å². The third kappa shape index (κ3) is 3.49. The average molecular weight is 411 g/mol. The first-order chi connectivity index (χ1) is 13.6. The zero-order valence-electron chi connectivity index (χ0n) is 14.9. The van der Waals surface area contributed by atoms with E-state index in [4.69, 9.17) is 23.2 Å². The van der Waals surface area contributed by atoms with E-state index in [0.717, 1.165) is 16.6 Å². The van der Waals surface area contributed by atoms with Gasteiger partial charge in [0.05, 0.1) is 16.8 Å². The van der Waals surface area contributed by atoms with Gasteiger partial charge in [-0.3, -0.25) is 9.78 Å². The molecule has 1 aromatic heterocycles. The van der Waals surface area contributed by atoms with Crippen LogP contribution in [0.25, 0.3) is 10.9 Å². The molecule has 28 heavy (non-hydrogen) atoms. The van der Waals surface area contributed by atoms with Gasteiger partial charge in [-0.15, -0.1) is 0 Å². The molecule has 4 rings (SSSR count). The Balaban J connectivity index is 1.59. The zero-order chi connectivity index (χ0) is 19.7. The van der Waals surface area contributed by atoms with Crippen molar-refractivity contribution in [3.05, 3.63) is 69.8 Å². The number of carbonyl (C=O) groups excluding carboxylic acids is 1. The number of nitriles is 1. The molecule has 7 heteroatoms. The Morgan fingerprint density at radius 1 is 1.00 bits per heavy atom. The molecular weight excluding hydrogens is 395 g/mol. The highest BCUT2D eigenvalue weighted by Crippen LogP contribution is 2.32. The quantitative estimate of drug-likeness (QED) is 0.628. The number of piperazine rings is 1. The van der Waals surface area contributed by atoms with Crippen LogP contribution in [0.5, 0.6) is 0 Å². The lowest BCUT2D eigenvalue weighted by atomic mass is 10.1. The largest absolute Gasteiger partial charge is 0.366 e. The van der Waals surface area contributed by atoms with Crippen LogP contribution in [-0.2, 0) is 0 Å². The summed E-state index contributed by atoms with van der Waals surface area (Å²) in [5.74, 6) is -0.0144. The van der Waals surface area contributed by atoms with Crippen molar-refractivity contribution < 1.29 is 4.79 Å². The molecule has 1 aliphatic heterocycles. The van der Waals surface area contributed by atoms with E-state index < -0.39 is 0 Å². The number of hydrogen-bond donors (Lipinski definition) is 0. The van der Waals surface area contributed by atoms with Crippen LogP contribution < -0.4 is 4.90 Å². The number of benzene rings is 2. The van der Waals surface area contributed by atoms with Crippen molar-refractivity contribution in [3.8, 4) is 6.07 Å². The molecule has 0 atom stereocenters. The third-order valence-corrected chi connectivity index (χ3v) is 5.38. The summed E-state index contributed by atoms with van der Waals surface area (Å²) in [6.45, 7) is 2.38. The van der Waals surface area contributed by atoms with E-state index in [0.29, 0.717) is 47.4 Å². The van der Waals surface area contributed by atoms with Gasteiger partial charge >= 0.3 is 0 Å². The van der Waals surface area contributed by atoms with Crippen molar-refractivity contribution in [2.24, 2.45) is 0 Å². The lowest BCUT2D eigenvalue weighted by molar-refractivity contribution is 0.0747. The summed E-state index contributed by atoms with van der Waals surface area (Å²) in [7, 11) is 0. The van der Waals surface area contributed by atoms with E-state index in [-0.39, 0.29) is 5.91 Å². The predicted molar refractivity (Wildman–Crippen MR) is 111 cm³/mol. The summed E-state index contributed by atoms with van der Waals surface area (Å²) in [5, 5.41) is 11.6. The Bertz CT molecular complexity index is 1080. The Hall–Kier alpha value is -2.81. The molecule has 3 aromatic rings. The van der Waals surface area contributed by atoms with E-state index in [9.17, 15) is 10.1 Å². The molecule has 140 valence electrons. The minimum absolute atomic E-state index is 0.0144. The van der Waals surface area contributed by atoms with E-state index >= 15 is 0 Å². The number of rotatable bonds is 2. The Kier molecular flexibility index (Phi) is 5.08. The molecule has 2 aromatic carbocycles. The predicted octanol–water partition coefficient (Wildman–Crippen LogP) is 4.38. The van der Waals surface area contributed by atoms with Crippen LogP contribution in [0.3, 0.4) is 0 Å². The number of nitrogens with zero attached hydrogens (tertiary/aromatic N) is 4. The monoisotopic (exact) mass is 410 g/mol. The molecule has 1 aliphatic rings. The van der Waals surface area contributed by atoms with Gasteiger partial charge in [-0.2, -0.15) is 5.26 Å². The van der Waals surface area contributed by atoms with Gasteiger partial charge in [0.1, 0.15) is 6.07 Å². The van der Waals surface area contributed by atoms with Gasteiger partial charge < -0.3 is 9.80 Å². The first-order valence-electron chi connectivity index (χ1n) is 8.85. The maximum Gasteiger partial charge on any atom is 0.253 e. The molecule has 1 saturated heterocycles. The van der Waals surface area contributed by atoms with Crippen LogP contribution in [0, 0.1) is 11.3 Å². The number of amides is 1. The highest BCUT2D eigenvalue weighted by atomic mass is 35.5. The Labute approximate surface area is 172 Å². The summed E-state index contributed by atoms with van der Waals surface area (Å²) in [5.41, 5.74) is 2.75. The number of halogens is 2. The molecule has 5 nitrogen and oxygen atoms in total. The summed E-state index contributed by atoms with van der Waals surface area (Å²) in [4.78, 5) is 21.0. The van der Waals surface area contributed by atoms with Crippen molar-refractivity contribution >= 4 is 45.7 Å². The fraction of sp³-hybridized carbons (Fsp3) is 0.190. The fourth-order valence-corrected chi connectivity index (χ4v) is 3.78. The molecule has 0 radical (unpaired) electrons. The van der Waals surface area contributed by atoms with E-state index in [2.05, 4.69) is 16.0 Å². The molecule has 0 aliphatic carbocycles. The molecule has 0 N–H and O–H groups in total. The second-order valence-corrected chi connectivity index (χ2v) is 7.45. The molecule has 1 amide bonds. The maximum atomic E-state index is 12.7. The first kappa shape index (κ1) is 18.5. The molecule has 0 unspecified atom stereocenters. The number of aromatic nitrogens is 1. The van der Waals surface area contributed by atoms with Crippen LogP contribution in [-0.4, -0.2) is 42.0 Å². The molecule has 1 fully saturated rings. The topological polar surface area (TPSA) is 60.2 Å². The number of anilines is 1. The van der Waals surface area contributed by atoms with Gasteiger partial charge in [0.15, 0.2) is 0 Å². The van der Waals surface area contributed by atoms with Gasteiger partial charge in [0, 0.05) is 53.4 Å². The van der Waals surface area contributed by atoms with Crippen molar-refractivity contribution in [1.82, 2.24) is 9.88 Å². The zero-order valence-corrected chi connectivity index (χ0v) is 16.4. The SMILES string of the molecule is N#Cc1cnc2ccc(Cl)cc2c1N1CCN(C(=O)c2ccc(Cl)cc2)CC1. The Morgan fingerprint density at radius 2 is 1.68 bits per heavy atom. The van der Waals surface area contributed by atoms with Crippen LogP contribution in [0.1, 0.15) is 15.9 Å². The smallest absolute Gasteiger partial charge is 0.253 e. The van der Waals surface area contributed by atoms with Gasteiger partial charge in [-0.05, 0) is 42.5 Å². The van der Waals surface area contributed by atoms with Crippen LogP contribution in [0.15, 0.2) is 48.7 Å². The lowest BCUT2D eigenvalue weighted by Gasteiger charge is -2.37. The lowest BCUT2D eigenvalue weighted by Crippen LogP contribution is -2.49. The molecule has 0 spiro atoms. The highest BCUT2D eigenvalue weighted by molar-refractivity contribution is 6.31. The highest BCUT2D eigenvalue weighted by Gasteiger charge is 2.25. The summed E-state index contributed by atoms with van der Waals surface area (Å²) >= 11 is 12.1. The number of hydrogen-bond acceptors (Lipinski definition) is 4. The van der Waals surface area contributed by atoms with Crippen molar-refractivity contribution in [2.75, 3.05) is 31.1 Å². The van der Waals surface area contributed by atoms with E-state index in [1.807, 2.05) is 17.0 Å². The van der Waals surface area contributed by atoms with Crippen LogP contribution in [0.4, 0.5) is 5.69 Å². The normalized spacial score (nSPS) is 14.2. The fourth-order valence-electron chi connectivity index (χ4n) is 3.48. The van der Waals surface area contributed by atoms with Gasteiger partial charge in [0.2, 0.25) is 0 Å². The number of pyridine rings is 1. The molecular formula is C21H16Cl2N4O. The minimum atomic E-state index is -0.0144. The third-order valence-electron chi connectivity index (χ3n) is 4.90. The standard InChI is InChI=1S/C21H16Cl2N4O/c22-16-3-1-14(2-4-16)21(28)27-9-7-26(8-10-27)20-15(12-24)13-25-19-6-5-17(23)11-18(19)20/h1-6,11,13H,7-10H2. The molecule has 0 bridgehead atoms. The summed E-state index contributed by atoms with van der Waals surface area (Å²) in [6.07, 6.45) is 1.59. The van der Waals surface area contributed by atoms with Crippen LogP contribution in [0.2, 0.25) is 10.0 Å². The second kappa shape index (κ2) is 7.67. The van der Waals surface area contributed by atoms with Crippen molar-refractivity contribution in [2.45, 2.75) is 0 Å². The summed E-state index contributed by atoms with van der Waals surface area (Å²) in [6, 6.07) is 14.6. The van der Waals surface area contributed by atoms with Gasteiger partial charge in [0.25, 0.3) is 5.91 Å². The van der Waals surface area contributed by atoms with Crippen molar-refractivity contribution in [1.29, 1.82) is 5.26 Å². The first-order valence-corrected chi connectivity index (χ1v) is 9.60. The van der Waals surface area contributed by atoms with E-state index in [1.54, 1.807) is 36.5 Å². The van der Waals surface area contributed by atoms with Crippen LogP contribution >= 0.6 is 23.2 Å². The average Bonchev–Trinajstić information content (AvgIpc) is 2.73. The van der Waals surface area contributed by atoms with Gasteiger partial charge in [-0.25, -0.2) is 0 Å².